The fourth-order valence-corrected chi connectivity index (χ4v) is 11.4. The first-order valence-corrected chi connectivity index (χ1v) is 29.6. The summed E-state index contributed by atoms with van der Waals surface area (Å²) in [6.45, 7) is 16.3. The molecule has 20 nitrogen and oxygen atoms in total. The van der Waals surface area contributed by atoms with E-state index in [0.29, 0.717) is 56.9 Å². The molecule has 466 valence electrons. The average molecular weight is 1160 g/mol. The van der Waals surface area contributed by atoms with Crippen LogP contribution in [0.25, 0.3) is 0 Å². The number of ketones is 3. The third-order valence-electron chi connectivity index (χ3n) is 16.3. The zero-order valence-corrected chi connectivity index (χ0v) is 50.4. The summed E-state index contributed by atoms with van der Waals surface area (Å²) in [5.74, 6) is -7.24. The normalized spacial score (nSPS) is 33.7. The molecule has 0 aromatic rings. The summed E-state index contributed by atoms with van der Waals surface area (Å²) >= 11 is 0. The molecule has 3 aliphatic heterocycles. The number of methoxy groups -OCH3 is 3. The highest BCUT2D eigenvalue weighted by atomic mass is 16.7. The summed E-state index contributed by atoms with van der Waals surface area (Å²) < 4.78 is 59.7. The van der Waals surface area contributed by atoms with E-state index in [1.54, 1.807) is 34.0 Å². The number of ether oxygens (including phenoxy) is 10. The van der Waals surface area contributed by atoms with Gasteiger partial charge < -0.3 is 72.7 Å². The van der Waals surface area contributed by atoms with Crippen LogP contribution < -0.4 is 0 Å². The number of aliphatic hydroxyl groups excluding tert-OH is 4. The number of amides is 1. The highest BCUT2D eigenvalue weighted by Gasteiger charge is 2.53. The first-order chi connectivity index (χ1) is 39.2. The van der Waals surface area contributed by atoms with Crippen molar-refractivity contribution in [3.8, 4) is 0 Å². The third-order valence-corrected chi connectivity index (χ3v) is 16.3. The largest absolute Gasteiger partial charge is 0.460 e. The van der Waals surface area contributed by atoms with E-state index >= 15 is 0 Å². The molecule has 20 heteroatoms. The SMILES string of the molecule is C=C1CC[C@H]2CC(OC(COCCOCCO)COCCOCCO)/C(C)=C/C=C/C=C/[C@@H](C)C[C@@H](C)C(=O)[C@H](OC)[C@H](O)/C(C)=C/[C@@H](C)C(=O)C[C@@H]([C@H](C)C[C@@H]3CC[C@@H](O)[C@H](OC)C3)OC(=O)[C@@H]3CCCCN3C(=O)C(=O)[C@]1(OC)O2. The average Bonchev–Trinajstić information content (AvgIpc) is 3.60. The Kier molecular flexibility index (Phi) is 31.7. The minimum absolute atomic E-state index is 0.0567. The Morgan fingerprint density at radius 1 is 0.793 bits per heavy atom. The lowest BCUT2D eigenvalue weighted by molar-refractivity contribution is -0.234. The summed E-state index contributed by atoms with van der Waals surface area (Å²) in [6.07, 6.45) is 9.16. The van der Waals surface area contributed by atoms with E-state index in [4.69, 9.17) is 57.6 Å². The van der Waals surface area contributed by atoms with Crippen LogP contribution in [0.3, 0.4) is 0 Å². The number of piperidine rings is 1. The van der Waals surface area contributed by atoms with Gasteiger partial charge in [0.25, 0.3) is 17.5 Å². The molecule has 14 atom stereocenters. The van der Waals surface area contributed by atoms with Gasteiger partial charge in [-0.1, -0.05) is 70.7 Å². The lowest BCUT2D eigenvalue weighted by Crippen LogP contribution is -2.59. The van der Waals surface area contributed by atoms with Gasteiger partial charge in [-0.05, 0) is 113 Å². The number of nitrogens with zero attached hydrogens (tertiary/aromatic N) is 1. The molecule has 2 saturated heterocycles. The maximum atomic E-state index is 14.9. The fraction of sp³-hybridized carbons (Fsp3) is 0.758. The van der Waals surface area contributed by atoms with Crippen LogP contribution in [-0.2, 0) is 71.3 Å². The molecule has 3 fully saturated rings. The second-order valence-corrected chi connectivity index (χ2v) is 22.7. The number of carbonyl (C=O) groups is 5. The van der Waals surface area contributed by atoms with Gasteiger partial charge in [-0.3, -0.25) is 19.2 Å². The van der Waals surface area contributed by atoms with Crippen LogP contribution in [0.2, 0.25) is 0 Å². The van der Waals surface area contributed by atoms with Crippen molar-refractivity contribution in [2.45, 2.75) is 179 Å². The Labute approximate surface area is 486 Å². The molecule has 3 heterocycles. The van der Waals surface area contributed by atoms with Crippen molar-refractivity contribution in [1.29, 1.82) is 0 Å². The topological polar surface area (TPSA) is 262 Å². The Morgan fingerprint density at radius 2 is 1.46 bits per heavy atom. The van der Waals surface area contributed by atoms with E-state index in [-0.39, 0.29) is 139 Å². The number of carbonyl (C=O) groups excluding carboxylic acids is 5. The number of hydrogen-bond donors (Lipinski definition) is 4. The van der Waals surface area contributed by atoms with Crippen molar-refractivity contribution in [3.05, 3.63) is 59.8 Å². The maximum absolute atomic E-state index is 14.9. The predicted octanol–water partition coefficient (Wildman–Crippen LogP) is 5.54. The van der Waals surface area contributed by atoms with Crippen molar-refractivity contribution >= 4 is 29.2 Å². The summed E-state index contributed by atoms with van der Waals surface area (Å²) in [7, 11) is 4.21. The van der Waals surface area contributed by atoms with Crippen LogP contribution in [0, 0.1) is 29.6 Å². The number of rotatable bonds is 22. The number of Topliss-reactive ketones (excluding diaryl/α,β-unsaturated/α-hetero) is 3. The first kappa shape index (κ1) is 70.6. The van der Waals surface area contributed by atoms with Gasteiger partial charge in [0.2, 0.25) is 0 Å². The molecule has 4 N–H and O–H groups in total. The first-order valence-electron chi connectivity index (χ1n) is 29.6. The standard InChI is InChI=1S/C62H99NO19/c1-40-16-12-11-13-17-41(2)53(80-49(38-78-30-28-76-26-24-64)39-79-31-29-77-27-25-65)36-48-21-19-46(7)62(75-10,82-48)59(70)60(71)63-23-15-14-18-50(63)61(72)81-54(43(4)34-47-20-22-51(66)55(35-47)73-8)37-52(67)42(3)33-45(6)57(69)58(74-9)56(68)44(5)32-40/h11-13,16-17,33,40,42-44,47-51,53-55,57-58,64-66,69H,7,14-15,18-32,34-39H2,1-6,8-10H3/b13-11+,16-12+,41-17+,45-33+/t40-,42-,43-,44-,47+,48+,50+,51-,53?,54+,55-,57-,58+,62-/m1/s1. The minimum Gasteiger partial charge on any atom is -0.460 e. The van der Waals surface area contributed by atoms with Crippen LogP contribution in [-0.4, -0.2) is 209 Å². The highest BCUT2D eigenvalue weighted by Crippen LogP contribution is 2.39. The fourth-order valence-electron chi connectivity index (χ4n) is 11.4. The molecule has 2 bridgehead atoms. The molecule has 0 aromatic heterocycles. The van der Waals surface area contributed by atoms with E-state index < -0.39 is 84.1 Å². The number of allylic oxidation sites excluding steroid dienone is 6. The van der Waals surface area contributed by atoms with Crippen LogP contribution in [0.5, 0.6) is 0 Å². The second kappa shape index (κ2) is 36.9. The third kappa shape index (κ3) is 21.6. The molecule has 4 aliphatic rings. The summed E-state index contributed by atoms with van der Waals surface area (Å²) in [5.41, 5.74) is 1.37. The number of aliphatic hydroxyl groups is 4. The molecule has 0 spiro atoms. The molecule has 1 unspecified atom stereocenters. The van der Waals surface area contributed by atoms with Crippen molar-refractivity contribution in [3.63, 3.8) is 0 Å². The van der Waals surface area contributed by atoms with E-state index in [1.165, 1.54) is 19.1 Å². The predicted molar refractivity (Wildman–Crippen MR) is 305 cm³/mol. The second-order valence-electron chi connectivity index (χ2n) is 22.7. The number of esters is 1. The van der Waals surface area contributed by atoms with E-state index in [2.05, 4.69) is 6.58 Å². The van der Waals surface area contributed by atoms with Gasteiger partial charge in [0, 0.05) is 52.6 Å². The number of cyclic esters (lactones) is 1. The van der Waals surface area contributed by atoms with Crippen molar-refractivity contribution in [2.24, 2.45) is 29.6 Å². The van der Waals surface area contributed by atoms with Gasteiger partial charge in [0.05, 0.1) is 90.5 Å². The quantitative estimate of drug-likeness (QED) is 0.0449. The van der Waals surface area contributed by atoms with Crippen molar-refractivity contribution in [1.82, 2.24) is 4.90 Å². The van der Waals surface area contributed by atoms with Crippen LogP contribution >= 0.6 is 0 Å². The van der Waals surface area contributed by atoms with Crippen molar-refractivity contribution in [2.75, 3.05) is 93.9 Å². The van der Waals surface area contributed by atoms with Gasteiger partial charge >= 0.3 is 5.97 Å². The molecule has 4 rings (SSSR count). The molecule has 1 aliphatic carbocycles. The lowest BCUT2D eigenvalue weighted by atomic mass is 9.78. The van der Waals surface area contributed by atoms with Gasteiger partial charge in [0.15, 0.2) is 5.78 Å². The van der Waals surface area contributed by atoms with Gasteiger partial charge in [0.1, 0.15) is 36.2 Å². The molecular formula is C62H99NO19. The van der Waals surface area contributed by atoms with Crippen LogP contribution in [0.1, 0.15) is 119 Å². The van der Waals surface area contributed by atoms with E-state index in [0.717, 1.165) is 5.57 Å². The smallest absolute Gasteiger partial charge is 0.329 e. The van der Waals surface area contributed by atoms with Gasteiger partial charge in [-0.2, -0.15) is 0 Å². The monoisotopic (exact) mass is 1160 g/mol. The summed E-state index contributed by atoms with van der Waals surface area (Å²) in [6, 6.07) is -1.18. The summed E-state index contributed by atoms with van der Waals surface area (Å²) in [4.78, 5) is 73.9. The molecular weight excluding hydrogens is 1060 g/mol. The molecule has 0 aromatic carbocycles. The Hall–Kier alpha value is -3.87. The zero-order chi connectivity index (χ0) is 60.4. The minimum atomic E-state index is -2.22. The van der Waals surface area contributed by atoms with E-state index in [1.807, 2.05) is 51.2 Å². The van der Waals surface area contributed by atoms with E-state index in [9.17, 15) is 34.2 Å². The van der Waals surface area contributed by atoms with Gasteiger partial charge in [-0.25, -0.2) is 4.79 Å². The summed E-state index contributed by atoms with van der Waals surface area (Å²) in [5, 5.41) is 40.5. The zero-order valence-electron chi connectivity index (χ0n) is 50.4. The Morgan fingerprint density at radius 3 is 2.10 bits per heavy atom. The molecule has 0 radical (unpaired) electrons. The Bertz CT molecular complexity index is 2110. The molecule has 1 amide bonds. The number of hydrogen-bond acceptors (Lipinski definition) is 19. The molecule has 1 saturated carbocycles. The number of fused-ring (bicyclic) bond motifs is 3. The lowest BCUT2D eigenvalue weighted by Gasteiger charge is -2.42. The highest BCUT2D eigenvalue weighted by molar-refractivity contribution is 6.40. The van der Waals surface area contributed by atoms with Crippen LogP contribution in [0.15, 0.2) is 59.8 Å². The molecule has 82 heavy (non-hydrogen) atoms. The maximum Gasteiger partial charge on any atom is 0.329 e. The van der Waals surface area contributed by atoms with Crippen molar-refractivity contribution < 1.29 is 91.8 Å². The Balaban J connectivity index is 1.76. The van der Waals surface area contributed by atoms with Gasteiger partial charge in [-0.15, -0.1) is 0 Å². The van der Waals surface area contributed by atoms with Crippen LogP contribution in [0.4, 0.5) is 0 Å².